The Bertz CT molecular complexity index is 4160. The average molecular weight is 991 g/mol. The molecular formula is C70H38N8. The van der Waals surface area contributed by atoms with Crippen molar-refractivity contribution in [3.63, 3.8) is 0 Å². The van der Waals surface area contributed by atoms with E-state index >= 15 is 0 Å². The van der Waals surface area contributed by atoms with Crippen LogP contribution in [0.2, 0.25) is 0 Å². The van der Waals surface area contributed by atoms with Gasteiger partial charge in [-0.25, -0.2) is 14.5 Å². The quantitative estimate of drug-likeness (QED) is 0.101. The van der Waals surface area contributed by atoms with Crippen LogP contribution >= 0.6 is 0 Å². The Morgan fingerprint density at radius 2 is 0.667 bits per heavy atom. The fourth-order valence-corrected chi connectivity index (χ4v) is 10.5. The lowest BCUT2D eigenvalue weighted by Gasteiger charge is -2.30. The third-order valence-corrected chi connectivity index (χ3v) is 14.3. The molecule has 0 aliphatic carbocycles. The summed E-state index contributed by atoms with van der Waals surface area (Å²) in [5.74, 6) is 0. The Morgan fingerprint density at radius 1 is 0.295 bits per heavy atom. The minimum atomic E-state index is 0.491. The molecule has 0 amide bonds. The lowest BCUT2D eigenvalue weighted by atomic mass is 9.91. The first kappa shape index (κ1) is 47.2. The lowest BCUT2D eigenvalue weighted by Crippen LogP contribution is -2.12. The summed E-state index contributed by atoms with van der Waals surface area (Å²) >= 11 is 0. The molecule has 12 rings (SSSR count). The Hall–Kier alpha value is -11.8. The summed E-state index contributed by atoms with van der Waals surface area (Å²) in [6, 6.07) is 82.5. The molecule has 0 aliphatic rings. The number of benzene rings is 12. The van der Waals surface area contributed by atoms with Crippen molar-refractivity contribution in [1.29, 1.82) is 15.8 Å². The molecule has 8 nitrogen and oxygen atoms in total. The third-order valence-electron chi connectivity index (χ3n) is 14.3. The number of nitriles is 3. The van der Waals surface area contributed by atoms with Crippen molar-refractivity contribution in [3.05, 3.63) is 281 Å². The van der Waals surface area contributed by atoms with Crippen LogP contribution in [0.15, 0.2) is 231 Å². The highest BCUT2D eigenvalue weighted by atomic mass is 15.2. The molecule has 0 fully saturated rings. The van der Waals surface area contributed by atoms with E-state index in [9.17, 15) is 15.8 Å². The molecule has 0 heterocycles. The van der Waals surface area contributed by atoms with Crippen molar-refractivity contribution in [2.24, 2.45) is 0 Å². The van der Waals surface area contributed by atoms with Crippen LogP contribution in [-0.4, -0.2) is 0 Å². The maximum atomic E-state index is 10.3. The van der Waals surface area contributed by atoms with E-state index in [2.05, 4.69) is 127 Å². The SMILES string of the molecule is [C-]#[N+]c1ccc(-c2cc(-c3ccc(C#N)cc3)cc(N(c3cccc(C#N)c3)c3ccc4ccc5c(N(c6cccc([N+]#[C-])c6)c6cc(-c7ccc(C#N)cc7)cc(-c7ccc([N+]#[C-])cc7)c6)ccc6ccc3c4c65)c2)cc1. The van der Waals surface area contributed by atoms with Gasteiger partial charge in [-0.15, -0.1) is 0 Å². The standard InChI is InChI=1S/C70H38N8/c1-74-58-26-18-50(19-27-58)56-35-54(48-14-10-45(42-71)11-15-48)37-63(39-56)77(61-8-4-6-47(34-61)44-73)67-32-24-52-23-31-66-68(33-25-53-22-30-65(67)69(52)70(53)66)78(62-9-5-7-60(41-62)76-3)64-38-55(49-16-12-46(43-72)13-17-49)36-57(40-64)51-20-28-59(75-2)29-21-51/h4-41H. The van der Waals surface area contributed by atoms with Crippen molar-refractivity contribution < 1.29 is 0 Å². The Kier molecular flexibility index (Phi) is 12.1. The van der Waals surface area contributed by atoms with E-state index in [0.717, 1.165) is 111 Å². The second kappa shape index (κ2) is 19.9. The van der Waals surface area contributed by atoms with Crippen molar-refractivity contribution in [2.75, 3.05) is 9.80 Å². The molecule has 0 aromatic heterocycles. The molecule has 0 spiro atoms. The maximum absolute atomic E-state index is 10.3. The van der Waals surface area contributed by atoms with Crippen molar-refractivity contribution >= 4 is 83.5 Å². The molecule has 0 radical (unpaired) electrons. The molecule has 0 saturated carbocycles. The molecule has 358 valence electrons. The molecule has 8 heteroatoms. The van der Waals surface area contributed by atoms with E-state index in [0.29, 0.717) is 33.8 Å². The summed E-state index contributed by atoms with van der Waals surface area (Å²) in [4.78, 5) is 15.6. The number of hydrogen-bond acceptors (Lipinski definition) is 5. The van der Waals surface area contributed by atoms with Crippen LogP contribution in [0, 0.1) is 53.7 Å². The van der Waals surface area contributed by atoms with Crippen LogP contribution in [0.3, 0.4) is 0 Å². The summed E-state index contributed by atoms with van der Waals surface area (Å²) in [5.41, 5.74) is 15.6. The van der Waals surface area contributed by atoms with Gasteiger partial charge >= 0.3 is 0 Å². The van der Waals surface area contributed by atoms with Gasteiger partial charge in [-0.05, 0) is 169 Å². The first-order valence-electron chi connectivity index (χ1n) is 24.9. The summed E-state index contributed by atoms with van der Waals surface area (Å²) in [6.07, 6.45) is 0. The molecule has 0 atom stereocenters. The van der Waals surface area contributed by atoms with Crippen LogP contribution in [-0.2, 0) is 0 Å². The van der Waals surface area contributed by atoms with E-state index in [1.54, 1.807) is 6.07 Å². The van der Waals surface area contributed by atoms with E-state index in [-0.39, 0.29) is 0 Å². The molecule has 12 aromatic rings. The zero-order valence-corrected chi connectivity index (χ0v) is 41.5. The highest BCUT2D eigenvalue weighted by Crippen LogP contribution is 2.50. The number of anilines is 6. The molecule has 0 N–H and O–H groups in total. The summed E-state index contributed by atoms with van der Waals surface area (Å²) in [7, 11) is 0. The largest absolute Gasteiger partial charge is 0.311 e. The highest BCUT2D eigenvalue weighted by molar-refractivity contribution is 6.28. The maximum Gasteiger partial charge on any atom is 0.189 e. The van der Waals surface area contributed by atoms with E-state index in [1.807, 2.05) is 140 Å². The molecule has 0 unspecified atom stereocenters. The minimum Gasteiger partial charge on any atom is -0.311 e. The molecule has 0 aliphatic heterocycles. The number of hydrogen-bond donors (Lipinski definition) is 0. The minimum absolute atomic E-state index is 0.491. The summed E-state index contributed by atoms with van der Waals surface area (Å²) < 4.78 is 0. The molecular weight excluding hydrogens is 953 g/mol. The average Bonchev–Trinajstić information content (AvgIpc) is 3.67. The van der Waals surface area contributed by atoms with Gasteiger partial charge in [-0.3, -0.25) is 0 Å². The Balaban J connectivity index is 1.11. The van der Waals surface area contributed by atoms with Gasteiger partial charge in [0.2, 0.25) is 0 Å². The van der Waals surface area contributed by atoms with Gasteiger partial charge in [0.05, 0.1) is 66.0 Å². The van der Waals surface area contributed by atoms with E-state index in [1.165, 1.54) is 0 Å². The van der Waals surface area contributed by atoms with Crippen molar-refractivity contribution in [2.45, 2.75) is 0 Å². The second-order valence-electron chi connectivity index (χ2n) is 18.8. The first-order chi connectivity index (χ1) is 38.3. The summed E-state index contributed by atoms with van der Waals surface area (Å²) in [6.45, 7) is 23.3. The Morgan fingerprint density at radius 3 is 1.06 bits per heavy atom. The van der Waals surface area contributed by atoms with Gasteiger partial charge < -0.3 is 9.80 Å². The predicted molar refractivity (Wildman–Crippen MR) is 314 cm³/mol. The monoisotopic (exact) mass is 990 g/mol. The van der Waals surface area contributed by atoms with Crippen molar-refractivity contribution in [3.8, 4) is 62.7 Å². The molecule has 0 bridgehead atoms. The molecule has 12 aromatic carbocycles. The van der Waals surface area contributed by atoms with Crippen LogP contribution in [0.5, 0.6) is 0 Å². The zero-order valence-electron chi connectivity index (χ0n) is 41.5. The summed E-state index contributed by atoms with van der Waals surface area (Å²) in [5, 5.41) is 35.8. The van der Waals surface area contributed by atoms with Crippen LogP contribution in [0.25, 0.3) is 91.4 Å². The van der Waals surface area contributed by atoms with E-state index in [4.69, 9.17) is 19.7 Å². The van der Waals surface area contributed by atoms with Crippen LogP contribution < -0.4 is 9.80 Å². The fourth-order valence-electron chi connectivity index (χ4n) is 10.5. The zero-order chi connectivity index (χ0) is 53.3. The second-order valence-corrected chi connectivity index (χ2v) is 18.8. The predicted octanol–water partition coefficient (Wildman–Crippen LogP) is 19.5. The lowest BCUT2D eigenvalue weighted by molar-refractivity contribution is 1.29. The van der Waals surface area contributed by atoms with Gasteiger partial charge in [0, 0.05) is 33.5 Å². The number of rotatable bonds is 10. The first-order valence-corrected chi connectivity index (χ1v) is 24.9. The number of nitrogens with zero attached hydrogens (tertiary/aromatic N) is 8. The highest BCUT2D eigenvalue weighted by Gasteiger charge is 2.24. The van der Waals surface area contributed by atoms with E-state index < -0.39 is 0 Å². The van der Waals surface area contributed by atoms with Crippen LogP contribution in [0.4, 0.5) is 51.2 Å². The van der Waals surface area contributed by atoms with Gasteiger partial charge in [0.15, 0.2) is 17.1 Å². The fraction of sp³-hybridized carbons (Fsp3) is 0. The van der Waals surface area contributed by atoms with Crippen LogP contribution in [0.1, 0.15) is 16.7 Å². The topological polar surface area (TPSA) is 90.9 Å². The third kappa shape index (κ3) is 8.65. The normalized spacial score (nSPS) is 10.7. The Labute approximate surface area is 451 Å². The van der Waals surface area contributed by atoms with Gasteiger partial charge in [0.25, 0.3) is 0 Å². The smallest absolute Gasteiger partial charge is 0.189 e. The van der Waals surface area contributed by atoms with Gasteiger partial charge in [-0.2, -0.15) is 15.8 Å². The van der Waals surface area contributed by atoms with Gasteiger partial charge in [0.1, 0.15) is 0 Å². The van der Waals surface area contributed by atoms with Crippen molar-refractivity contribution in [1.82, 2.24) is 0 Å². The van der Waals surface area contributed by atoms with Gasteiger partial charge in [-0.1, -0.05) is 127 Å². The molecule has 78 heavy (non-hydrogen) atoms. The molecule has 0 saturated heterocycles.